The predicted octanol–water partition coefficient (Wildman–Crippen LogP) is 5.45. The Bertz CT molecular complexity index is 365. The van der Waals surface area contributed by atoms with E-state index in [1.54, 1.807) is 0 Å². The molecule has 0 spiro atoms. The number of ether oxygens (including phenoxy) is 1. The molecular weight excluding hydrogens is 347 g/mol. The smallest absolute Gasteiger partial charge is 0.308 e. The molecule has 26 heavy (non-hydrogen) atoms. The zero-order valence-electron chi connectivity index (χ0n) is 18.9. The van der Waals surface area contributed by atoms with Gasteiger partial charge in [0.2, 0.25) is 0 Å². The molecule has 0 fully saturated rings. The lowest BCUT2D eigenvalue weighted by Crippen LogP contribution is -2.43. The molecule has 0 heterocycles. The van der Waals surface area contributed by atoms with E-state index in [1.165, 1.54) is 0 Å². The van der Waals surface area contributed by atoms with Crippen LogP contribution in [0.2, 0.25) is 0 Å². The van der Waals surface area contributed by atoms with Crippen molar-refractivity contribution in [1.29, 1.82) is 0 Å². The molecule has 0 rings (SSSR count). The highest BCUT2D eigenvalue weighted by molar-refractivity contribution is 7.47. The Morgan fingerprint density at radius 1 is 0.769 bits per heavy atom. The van der Waals surface area contributed by atoms with Crippen molar-refractivity contribution in [3.05, 3.63) is 0 Å². The zero-order chi connectivity index (χ0) is 20.6. The SMILES string of the molecule is CC(C)OC(=O)C(C)CCOP(N(C(C)C)C(C)C)N(C(C)C)C(C)C. The highest BCUT2D eigenvalue weighted by Crippen LogP contribution is 2.50. The summed E-state index contributed by atoms with van der Waals surface area (Å²) < 4.78 is 16.7. The van der Waals surface area contributed by atoms with Gasteiger partial charge in [0.05, 0.1) is 18.6 Å². The van der Waals surface area contributed by atoms with Crippen molar-refractivity contribution in [2.24, 2.45) is 5.92 Å². The first kappa shape index (κ1) is 25.8. The Labute approximate surface area is 163 Å². The van der Waals surface area contributed by atoms with Crippen LogP contribution in [0.1, 0.15) is 82.6 Å². The topological polar surface area (TPSA) is 42.0 Å². The molecule has 5 nitrogen and oxygen atoms in total. The van der Waals surface area contributed by atoms with Crippen LogP contribution in [0.5, 0.6) is 0 Å². The molecule has 0 aromatic rings. The fourth-order valence-corrected chi connectivity index (χ4v) is 5.37. The lowest BCUT2D eigenvalue weighted by Gasteiger charge is -2.45. The summed E-state index contributed by atoms with van der Waals surface area (Å²) in [7, 11) is -0.897. The number of hydrogen-bond acceptors (Lipinski definition) is 5. The van der Waals surface area contributed by atoms with Crippen molar-refractivity contribution in [1.82, 2.24) is 9.34 Å². The number of hydrogen-bond donors (Lipinski definition) is 0. The molecule has 1 unspecified atom stereocenters. The minimum absolute atomic E-state index is 0.0715. The van der Waals surface area contributed by atoms with Gasteiger partial charge in [-0.25, -0.2) is 9.34 Å². The van der Waals surface area contributed by atoms with E-state index in [0.717, 1.165) is 0 Å². The van der Waals surface area contributed by atoms with E-state index in [0.29, 0.717) is 37.2 Å². The monoisotopic (exact) mass is 390 g/mol. The molecule has 0 saturated carbocycles. The van der Waals surface area contributed by atoms with Crippen LogP contribution >= 0.6 is 8.45 Å². The lowest BCUT2D eigenvalue weighted by atomic mass is 10.1. The van der Waals surface area contributed by atoms with Crippen molar-refractivity contribution in [2.75, 3.05) is 6.61 Å². The van der Waals surface area contributed by atoms with E-state index < -0.39 is 8.45 Å². The second-order valence-electron chi connectivity index (χ2n) is 8.40. The highest BCUT2D eigenvalue weighted by atomic mass is 31.2. The molecule has 0 saturated heterocycles. The molecule has 0 aliphatic rings. The molecule has 0 aliphatic heterocycles. The van der Waals surface area contributed by atoms with E-state index in [9.17, 15) is 4.79 Å². The quantitative estimate of drug-likeness (QED) is 0.328. The first-order valence-corrected chi connectivity index (χ1v) is 11.3. The third-order valence-corrected chi connectivity index (χ3v) is 7.07. The molecule has 0 aromatic heterocycles. The van der Waals surface area contributed by atoms with Crippen molar-refractivity contribution in [3.8, 4) is 0 Å². The molecule has 0 N–H and O–H groups in total. The first-order chi connectivity index (χ1) is 11.9. The molecule has 0 aromatic carbocycles. The number of nitrogens with zero attached hydrogens (tertiary/aromatic N) is 2. The largest absolute Gasteiger partial charge is 0.463 e. The van der Waals surface area contributed by atoms with Crippen molar-refractivity contribution in [3.63, 3.8) is 0 Å². The third kappa shape index (κ3) is 8.65. The maximum Gasteiger partial charge on any atom is 0.308 e. The summed E-state index contributed by atoms with van der Waals surface area (Å²) in [5.41, 5.74) is 0. The number of esters is 1. The van der Waals surface area contributed by atoms with Crippen molar-refractivity contribution < 1.29 is 14.1 Å². The Morgan fingerprint density at radius 2 is 1.15 bits per heavy atom. The average molecular weight is 391 g/mol. The van der Waals surface area contributed by atoms with Gasteiger partial charge < -0.3 is 9.26 Å². The summed E-state index contributed by atoms with van der Waals surface area (Å²) >= 11 is 0. The van der Waals surface area contributed by atoms with E-state index in [4.69, 9.17) is 9.26 Å². The molecule has 0 amide bonds. The van der Waals surface area contributed by atoms with Crippen LogP contribution in [0.3, 0.4) is 0 Å². The van der Waals surface area contributed by atoms with Crippen LogP contribution in [-0.2, 0) is 14.1 Å². The van der Waals surface area contributed by atoms with Gasteiger partial charge in [0.1, 0.15) is 0 Å². The van der Waals surface area contributed by atoms with Crippen molar-refractivity contribution in [2.45, 2.75) is 113 Å². The van der Waals surface area contributed by atoms with Gasteiger partial charge >= 0.3 is 5.97 Å². The molecule has 0 bridgehead atoms. The van der Waals surface area contributed by atoms with Crippen LogP contribution in [0.15, 0.2) is 0 Å². The van der Waals surface area contributed by atoms with Gasteiger partial charge in [-0.1, -0.05) is 6.92 Å². The van der Waals surface area contributed by atoms with E-state index in [2.05, 4.69) is 64.7 Å². The number of rotatable bonds is 12. The van der Waals surface area contributed by atoms with Gasteiger partial charge in [-0.05, 0) is 75.7 Å². The Hall–Kier alpha value is -0.220. The lowest BCUT2D eigenvalue weighted by molar-refractivity contribution is -0.152. The van der Waals surface area contributed by atoms with Gasteiger partial charge in [0.15, 0.2) is 8.45 Å². The molecular formula is C20H43N2O3P. The number of carbonyl (C=O) groups excluding carboxylic acids is 1. The maximum atomic E-state index is 12.0. The summed E-state index contributed by atoms with van der Waals surface area (Å²) in [5, 5.41) is 0. The Morgan fingerprint density at radius 3 is 1.46 bits per heavy atom. The van der Waals surface area contributed by atoms with Gasteiger partial charge in [-0.3, -0.25) is 4.79 Å². The van der Waals surface area contributed by atoms with Crippen LogP contribution in [0.4, 0.5) is 0 Å². The minimum atomic E-state index is -0.897. The molecule has 6 heteroatoms. The zero-order valence-corrected chi connectivity index (χ0v) is 19.8. The van der Waals surface area contributed by atoms with E-state index >= 15 is 0 Å². The normalized spacial score (nSPS) is 14.1. The fraction of sp³-hybridized carbons (Fsp3) is 0.950. The van der Waals surface area contributed by atoms with E-state index in [-0.39, 0.29) is 18.0 Å². The van der Waals surface area contributed by atoms with Crippen molar-refractivity contribution >= 4 is 14.4 Å². The van der Waals surface area contributed by atoms with Gasteiger partial charge in [-0.15, -0.1) is 0 Å². The summed E-state index contributed by atoms with van der Waals surface area (Å²) in [4.78, 5) is 12.0. The molecule has 156 valence electrons. The summed E-state index contributed by atoms with van der Waals surface area (Å²) in [5.74, 6) is -0.283. The van der Waals surface area contributed by atoms with Gasteiger partial charge in [-0.2, -0.15) is 0 Å². The molecule has 1 atom stereocenters. The van der Waals surface area contributed by atoms with E-state index in [1.807, 2.05) is 20.8 Å². The standard InChI is InChI=1S/C20H43N2O3P/c1-14(2)21(15(3)4)26(22(16(5)6)17(7)8)24-13-12-19(11)20(23)25-18(9)10/h14-19H,12-13H2,1-11H3. The van der Waals surface area contributed by atoms with Gasteiger partial charge in [0, 0.05) is 24.2 Å². The Balaban J connectivity index is 5.16. The third-order valence-electron chi connectivity index (χ3n) is 4.02. The average Bonchev–Trinajstić information content (AvgIpc) is 2.44. The predicted molar refractivity (Wildman–Crippen MR) is 112 cm³/mol. The van der Waals surface area contributed by atoms with Gasteiger partial charge in [0.25, 0.3) is 0 Å². The molecule has 0 radical (unpaired) electrons. The summed E-state index contributed by atoms with van der Waals surface area (Å²) in [6.45, 7) is 24.0. The van der Waals surface area contributed by atoms with Crippen LogP contribution in [0, 0.1) is 5.92 Å². The maximum absolute atomic E-state index is 12.0. The van der Waals surface area contributed by atoms with Crippen LogP contribution in [-0.4, -0.2) is 52.2 Å². The summed E-state index contributed by atoms with van der Waals surface area (Å²) in [6, 6.07) is 1.57. The number of carbonyl (C=O) groups is 1. The Kier molecular flexibility index (Phi) is 12.2. The second kappa shape index (κ2) is 12.3. The summed E-state index contributed by atoms with van der Waals surface area (Å²) in [6.07, 6.45) is 0.607. The fourth-order valence-electron chi connectivity index (χ4n) is 3.01. The minimum Gasteiger partial charge on any atom is -0.463 e. The van der Waals surface area contributed by atoms with Crippen LogP contribution < -0.4 is 0 Å². The second-order valence-corrected chi connectivity index (χ2v) is 10.1. The molecule has 0 aliphatic carbocycles. The highest BCUT2D eigenvalue weighted by Gasteiger charge is 2.34. The first-order valence-electron chi connectivity index (χ1n) is 10.1. The van der Waals surface area contributed by atoms with Crippen LogP contribution in [0.25, 0.3) is 0 Å².